The first-order valence-electron chi connectivity index (χ1n) is 8.58. The summed E-state index contributed by atoms with van der Waals surface area (Å²) in [6.07, 6.45) is 0. The molecule has 0 bridgehead atoms. The number of aromatic nitrogens is 4. The van der Waals surface area contributed by atoms with Gasteiger partial charge in [0.2, 0.25) is 0 Å². The quantitative estimate of drug-likeness (QED) is 0.569. The van der Waals surface area contributed by atoms with Crippen LogP contribution in [-0.2, 0) is 14.1 Å². The van der Waals surface area contributed by atoms with Gasteiger partial charge in [0.25, 0.3) is 5.91 Å². The Kier molecular flexibility index (Phi) is 4.52. The monoisotopic (exact) mass is 395 g/mol. The first kappa shape index (κ1) is 18.1. The third-order valence-corrected chi connectivity index (χ3v) is 4.85. The van der Waals surface area contributed by atoms with E-state index in [2.05, 4.69) is 15.4 Å². The fourth-order valence-corrected chi connectivity index (χ4v) is 3.32. The summed E-state index contributed by atoms with van der Waals surface area (Å²) in [7, 11) is 5.24. The number of benzene rings is 2. The van der Waals surface area contributed by atoms with E-state index in [4.69, 9.17) is 16.3 Å². The highest BCUT2D eigenvalue weighted by atomic mass is 35.5. The van der Waals surface area contributed by atoms with E-state index < -0.39 is 0 Å². The molecule has 0 aliphatic rings. The van der Waals surface area contributed by atoms with Gasteiger partial charge >= 0.3 is 0 Å². The average Bonchev–Trinajstić information content (AvgIpc) is 3.22. The van der Waals surface area contributed by atoms with Crippen LogP contribution >= 0.6 is 11.6 Å². The molecule has 28 heavy (non-hydrogen) atoms. The summed E-state index contributed by atoms with van der Waals surface area (Å²) in [4.78, 5) is 17.2. The van der Waals surface area contributed by atoms with Gasteiger partial charge in [-0.1, -0.05) is 23.7 Å². The van der Waals surface area contributed by atoms with Gasteiger partial charge in [-0.2, -0.15) is 5.10 Å². The van der Waals surface area contributed by atoms with E-state index in [1.165, 1.54) is 7.11 Å². The number of amides is 1. The van der Waals surface area contributed by atoms with Gasteiger partial charge in [0.15, 0.2) is 5.82 Å². The number of hydrogen-bond acceptors (Lipinski definition) is 4. The van der Waals surface area contributed by atoms with Crippen molar-refractivity contribution in [1.82, 2.24) is 19.3 Å². The lowest BCUT2D eigenvalue weighted by atomic mass is 10.2. The van der Waals surface area contributed by atoms with Crippen LogP contribution in [0.3, 0.4) is 0 Å². The predicted octanol–water partition coefficient (Wildman–Crippen LogP) is 3.89. The van der Waals surface area contributed by atoms with Crippen molar-refractivity contribution in [3.63, 3.8) is 0 Å². The lowest BCUT2D eigenvalue weighted by molar-refractivity contribution is 0.102. The van der Waals surface area contributed by atoms with Crippen LogP contribution in [0, 0.1) is 0 Å². The van der Waals surface area contributed by atoms with E-state index in [1.54, 1.807) is 36.0 Å². The molecule has 4 rings (SSSR count). The summed E-state index contributed by atoms with van der Waals surface area (Å²) < 4.78 is 8.71. The number of fused-ring (bicyclic) bond motifs is 1. The second-order valence-electron chi connectivity index (χ2n) is 6.33. The molecule has 0 saturated carbocycles. The number of carbonyl (C=O) groups is 1. The summed E-state index contributed by atoms with van der Waals surface area (Å²) >= 11 is 6.11. The number of nitrogens with one attached hydrogen (secondary N) is 1. The number of ether oxygens (including phenoxy) is 1. The Morgan fingerprint density at radius 1 is 1.14 bits per heavy atom. The Hall–Kier alpha value is -3.32. The van der Waals surface area contributed by atoms with Gasteiger partial charge < -0.3 is 14.6 Å². The van der Waals surface area contributed by atoms with E-state index in [0.717, 1.165) is 16.9 Å². The summed E-state index contributed by atoms with van der Waals surface area (Å²) in [5.74, 6) is 1.51. The molecule has 0 spiro atoms. The molecule has 4 aromatic rings. The zero-order chi connectivity index (χ0) is 19.8. The molecule has 1 amide bonds. The largest absolute Gasteiger partial charge is 0.495 e. The van der Waals surface area contributed by atoms with Crippen LogP contribution in [0.25, 0.3) is 22.6 Å². The number of aryl methyl sites for hydroxylation is 2. The van der Waals surface area contributed by atoms with Gasteiger partial charge in [0.05, 0.1) is 23.2 Å². The van der Waals surface area contributed by atoms with E-state index in [0.29, 0.717) is 27.8 Å². The van der Waals surface area contributed by atoms with E-state index >= 15 is 0 Å². The van der Waals surface area contributed by atoms with Crippen LogP contribution in [0.5, 0.6) is 5.75 Å². The molecular formula is C20H18ClN5O2. The number of hydrogen-bond donors (Lipinski definition) is 1. The van der Waals surface area contributed by atoms with Crippen LogP contribution in [0.15, 0.2) is 48.5 Å². The lowest BCUT2D eigenvalue weighted by Gasteiger charge is -2.07. The molecule has 1 N–H and O–H groups in total. The van der Waals surface area contributed by atoms with Gasteiger partial charge in [0.1, 0.15) is 17.3 Å². The first-order chi connectivity index (χ1) is 13.5. The predicted molar refractivity (Wildman–Crippen MR) is 109 cm³/mol. The molecule has 0 fully saturated rings. The molecule has 0 saturated heterocycles. The Balaban J connectivity index is 1.63. The maximum Gasteiger partial charge on any atom is 0.256 e. The molecule has 7 nitrogen and oxygen atoms in total. The summed E-state index contributed by atoms with van der Waals surface area (Å²) in [6, 6.07) is 14.6. The fourth-order valence-electron chi connectivity index (χ4n) is 3.06. The molecule has 2 aromatic heterocycles. The first-order valence-corrected chi connectivity index (χ1v) is 8.96. The Bertz CT molecular complexity index is 1190. The Labute approximate surface area is 166 Å². The third kappa shape index (κ3) is 3.10. The molecule has 0 radical (unpaired) electrons. The fraction of sp³-hybridized carbons (Fsp3) is 0.150. The van der Waals surface area contributed by atoms with Crippen molar-refractivity contribution in [2.75, 3.05) is 12.4 Å². The van der Waals surface area contributed by atoms with Crippen molar-refractivity contribution in [3.05, 3.63) is 59.1 Å². The number of methoxy groups -OCH3 is 1. The van der Waals surface area contributed by atoms with Gasteiger partial charge in [-0.05, 0) is 30.3 Å². The van der Waals surface area contributed by atoms with Crippen molar-refractivity contribution in [2.45, 2.75) is 0 Å². The van der Waals surface area contributed by atoms with Crippen molar-refractivity contribution in [3.8, 4) is 17.3 Å². The summed E-state index contributed by atoms with van der Waals surface area (Å²) in [5, 5.41) is 7.74. The molecular weight excluding hydrogens is 378 g/mol. The second kappa shape index (κ2) is 7.01. The number of halogens is 1. The third-order valence-electron chi connectivity index (χ3n) is 4.55. The summed E-state index contributed by atoms with van der Waals surface area (Å²) in [5.41, 5.74) is 3.01. The van der Waals surface area contributed by atoms with Gasteiger partial charge in [0, 0.05) is 25.7 Å². The van der Waals surface area contributed by atoms with Crippen molar-refractivity contribution >= 4 is 34.4 Å². The van der Waals surface area contributed by atoms with Crippen molar-refractivity contribution < 1.29 is 9.53 Å². The number of imidazole rings is 1. The van der Waals surface area contributed by atoms with Crippen LogP contribution in [0.1, 0.15) is 10.4 Å². The molecule has 2 aromatic carbocycles. The van der Waals surface area contributed by atoms with E-state index in [9.17, 15) is 4.79 Å². The average molecular weight is 396 g/mol. The minimum atomic E-state index is -0.288. The van der Waals surface area contributed by atoms with Crippen LogP contribution in [0.4, 0.5) is 5.82 Å². The summed E-state index contributed by atoms with van der Waals surface area (Å²) in [6.45, 7) is 0. The highest BCUT2D eigenvalue weighted by molar-refractivity contribution is 6.32. The van der Waals surface area contributed by atoms with Crippen molar-refractivity contribution in [2.24, 2.45) is 14.1 Å². The normalized spacial score (nSPS) is 11.0. The molecule has 2 heterocycles. The molecule has 0 atom stereocenters. The molecule has 8 heteroatoms. The maximum atomic E-state index is 12.6. The van der Waals surface area contributed by atoms with Crippen LogP contribution in [-0.4, -0.2) is 32.3 Å². The second-order valence-corrected chi connectivity index (χ2v) is 6.73. The Morgan fingerprint density at radius 2 is 1.93 bits per heavy atom. The van der Waals surface area contributed by atoms with E-state index in [1.807, 2.05) is 35.9 Å². The lowest BCUT2D eigenvalue weighted by Crippen LogP contribution is -2.14. The van der Waals surface area contributed by atoms with Gasteiger partial charge in [-0.3, -0.25) is 9.48 Å². The number of para-hydroxylation sites is 2. The standard InChI is InChI=1S/C20H18ClN5O2/c1-25-16-7-5-4-6-14(16)22-19(25)15-11-18(26(2)24-15)23-20(27)12-8-9-17(28-3)13(21)10-12/h4-11H,1-3H3,(H,23,27). The minimum absolute atomic E-state index is 0.288. The number of carbonyl (C=O) groups excluding carboxylic acids is 1. The highest BCUT2D eigenvalue weighted by Crippen LogP contribution is 2.27. The zero-order valence-electron chi connectivity index (χ0n) is 15.6. The van der Waals surface area contributed by atoms with Crippen molar-refractivity contribution in [1.29, 1.82) is 0 Å². The number of rotatable bonds is 4. The van der Waals surface area contributed by atoms with Gasteiger partial charge in [-0.15, -0.1) is 0 Å². The smallest absolute Gasteiger partial charge is 0.256 e. The molecule has 0 unspecified atom stereocenters. The van der Waals surface area contributed by atoms with E-state index in [-0.39, 0.29) is 5.91 Å². The van der Waals surface area contributed by atoms with Gasteiger partial charge in [-0.25, -0.2) is 4.98 Å². The topological polar surface area (TPSA) is 74.0 Å². The highest BCUT2D eigenvalue weighted by Gasteiger charge is 2.16. The maximum absolute atomic E-state index is 12.6. The Morgan fingerprint density at radius 3 is 2.64 bits per heavy atom. The molecule has 0 aliphatic carbocycles. The SMILES string of the molecule is COc1ccc(C(=O)Nc2cc(-c3nc4ccccc4n3C)nn2C)cc1Cl. The molecule has 142 valence electrons. The number of anilines is 1. The zero-order valence-corrected chi connectivity index (χ0v) is 16.4. The number of nitrogens with zero attached hydrogens (tertiary/aromatic N) is 4. The minimum Gasteiger partial charge on any atom is -0.495 e. The van der Waals surface area contributed by atoms with Crippen LogP contribution in [0.2, 0.25) is 5.02 Å². The van der Waals surface area contributed by atoms with Crippen LogP contribution < -0.4 is 10.1 Å². The molecule has 0 aliphatic heterocycles.